The van der Waals surface area contributed by atoms with Crippen LogP contribution in [0.15, 0.2) is 30.3 Å². The van der Waals surface area contributed by atoms with Gasteiger partial charge in [0.2, 0.25) is 5.91 Å². The monoisotopic (exact) mass is 259 g/mol. The number of amides is 1. The van der Waals surface area contributed by atoms with Gasteiger partial charge in [0.15, 0.2) is 0 Å². The highest BCUT2D eigenvalue weighted by atomic mass is 32.1. The van der Waals surface area contributed by atoms with Gasteiger partial charge in [0.05, 0.1) is 0 Å². The molecule has 2 heterocycles. The number of rotatable bonds is 2. The van der Waals surface area contributed by atoms with E-state index in [-0.39, 0.29) is 17.4 Å². The summed E-state index contributed by atoms with van der Waals surface area (Å²) in [6.07, 6.45) is 1.59. The molecule has 2 aromatic rings. The van der Waals surface area contributed by atoms with Crippen molar-refractivity contribution in [2.75, 3.05) is 0 Å². The number of benzene rings is 1. The smallest absolute Gasteiger partial charge is 0.221 e. The lowest BCUT2D eigenvalue weighted by Crippen LogP contribution is -2.37. The van der Waals surface area contributed by atoms with Gasteiger partial charge in [-0.2, -0.15) is 0 Å². The second-order valence-corrected chi connectivity index (χ2v) is 6.35. The van der Waals surface area contributed by atoms with Crippen molar-refractivity contribution in [3.05, 3.63) is 35.2 Å². The minimum absolute atomic E-state index is 0.0461. The Kier molecular flexibility index (Phi) is 2.67. The lowest BCUT2D eigenvalue weighted by molar-refractivity contribution is -0.119. The van der Waals surface area contributed by atoms with Gasteiger partial charge in [0.25, 0.3) is 0 Å². The molecule has 3 heteroatoms. The highest BCUT2D eigenvalue weighted by molar-refractivity contribution is 7.19. The minimum atomic E-state index is -0.0461. The van der Waals surface area contributed by atoms with Gasteiger partial charge >= 0.3 is 0 Å². The summed E-state index contributed by atoms with van der Waals surface area (Å²) < 4.78 is 1.31. The number of nitrogens with one attached hydrogen (secondary N) is 1. The fourth-order valence-electron chi connectivity index (χ4n) is 2.94. The lowest BCUT2D eigenvalue weighted by Gasteiger charge is -2.28. The molecule has 1 aliphatic rings. The molecule has 1 aromatic carbocycles. The molecular weight excluding hydrogens is 242 g/mol. The van der Waals surface area contributed by atoms with Crippen LogP contribution in [0.25, 0.3) is 10.1 Å². The maximum absolute atomic E-state index is 11.7. The van der Waals surface area contributed by atoms with Gasteiger partial charge in [-0.05, 0) is 23.9 Å². The highest BCUT2D eigenvalue weighted by Gasteiger charge is 2.44. The number of hydrogen-bond donors (Lipinski definition) is 1. The van der Waals surface area contributed by atoms with E-state index in [1.54, 1.807) is 0 Å². The molecule has 2 atom stereocenters. The van der Waals surface area contributed by atoms with E-state index in [1.807, 2.05) is 11.3 Å². The van der Waals surface area contributed by atoms with Gasteiger partial charge in [-0.1, -0.05) is 32.0 Å². The van der Waals surface area contributed by atoms with Gasteiger partial charge in [-0.15, -0.1) is 11.3 Å². The van der Waals surface area contributed by atoms with Gasteiger partial charge < -0.3 is 5.32 Å². The van der Waals surface area contributed by atoms with Crippen molar-refractivity contribution < 1.29 is 4.79 Å². The molecule has 18 heavy (non-hydrogen) atoms. The maximum atomic E-state index is 11.7. The van der Waals surface area contributed by atoms with E-state index in [2.05, 4.69) is 49.5 Å². The van der Waals surface area contributed by atoms with E-state index >= 15 is 0 Å². The largest absolute Gasteiger partial charge is 0.352 e. The Morgan fingerprint density at radius 2 is 2.22 bits per heavy atom. The molecule has 0 radical (unpaired) electrons. The number of fused-ring (bicyclic) bond motifs is 1. The lowest BCUT2D eigenvalue weighted by atomic mass is 9.80. The van der Waals surface area contributed by atoms with Gasteiger partial charge in [-0.25, -0.2) is 0 Å². The summed E-state index contributed by atoms with van der Waals surface area (Å²) in [4.78, 5) is 13.0. The Bertz CT molecular complexity index is 570. The quantitative estimate of drug-likeness (QED) is 0.879. The Morgan fingerprint density at radius 1 is 1.44 bits per heavy atom. The SMILES string of the molecule is CCC1NC(=O)CC1(C)c1cc2ccccc2s1. The Labute approximate surface area is 111 Å². The van der Waals surface area contributed by atoms with Crippen molar-refractivity contribution in [1.29, 1.82) is 0 Å². The number of hydrogen-bond acceptors (Lipinski definition) is 2. The van der Waals surface area contributed by atoms with Crippen LogP contribution in [-0.4, -0.2) is 11.9 Å². The molecule has 0 aliphatic carbocycles. The maximum Gasteiger partial charge on any atom is 0.221 e. The van der Waals surface area contributed by atoms with E-state index in [9.17, 15) is 4.79 Å². The van der Waals surface area contributed by atoms with Crippen molar-refractivity contribution in [2.24, 2.45) is 0 Å². The van der Waals surface area contributed by atoms with E-state index in [1.165, 1.54) is 15.0 Å². The standard InChI is InChI=1S/C15H17NOS/c1-3-12-15(2,9-14(17)16-12)13-8-10-6-4-5-7-11(10)18-13/h4-8,12H,3,9H2,1-2H3,(H,16,17). The normalized spacial score (nSPS) is 27.7. The van der Waals surface area contributed by atoms with Crippen molar-refractivity contribution in [3.63, 3.8) is 0 Å². The molecule has 1 aromatic heterocycles. The molecule has 2 unspecified atom stereocenters. The molecule has 2 nitrogen and oxygen atoms in total. The van der Waals surface area contributed by atoms with Crippen molar-refractivity contribution in [2.45, 2.75) is 38.1 Å². The molecule has 1 saturated heterocycles. The third-order valence-electron chi connectivity index (χ3n) is 4.03. The van der Waals surface area contributed by atoms with E-state index in [0.717, 1.165) is 6.42 Å². The predicted molar refractivity (Wildman–Crippen MR) is 76.0 cm³/mol. The predicted octanol–water partition coefficient (Wildman–Crippen LogP) is 3.46. The number of thiophene rings is 1. The van der Waals surface area contributed by atoms with Crippen LogP contribution in [0.4, 0.5) is 0 Å². The van der Waals surface area contributed by atoms with Crippen LogP contribution >= 0.6 is 11.3 Å². The molecule has 0 bridgehead atoms. The molecule has 0 saturated carbocycles. The summed E-state index contributed by atoms with van der Waals surface area (Å²) in [6, 6.07) is 10.9. The second kappa shape index (κ2) is 4.09. The summed E-state index contributed by atoms with van der Waals surface area (Å²) in [5, 5.41) is 4.39. The molecule has 94 valence electrons. The molecule has 1 N–H and O–H groups in total. The van der Waals surface area contributed by atoms with Crippen LogP contribution in [0.1, 0.15) is 31.6 Å². The average Bonchev–Trinajstić information content (AvgIpc) is 2.91. The molecule has 0 spiro atoms. The van der Waals surface area contributed by atoms with Gasteiger partial charge in [0.1, 0.15) is 0 Å². The topological polar surface area (TPSA) is 29.1 Å². The third-order valence-corrected chi connectivity index (χ3v) is 5.42. The van der Waals surface area contributed by atoms with Crippen LogP contribution in [0.5, 0.6) is 0 Å². The molecule has 3 rings (SSSR count). The zero-order chi connectivity index (χ0) is 12.8. The summed E-state index contributed by atoms with van der Waals surface area (Å²) in [7, 11) is 0. The molecular formula is C15H17NOS. The first-order valence-electron chi connectivity index (χ1n) is 6.42. The summed E-state index contributed by atoms with van der Waals surface area (Å²) in [5.41, 5.74) is -0.0461. The second-order valence-electron chi connectivity index (χ2n) is 5.27. The number of carbonyl (C=O) groups is 1. The van der Waals surface area contributed by atoms with Crippen LogP contribution < -0.4 is 5.32 Å². The van der Waals surface area contributed by atoms with Gasteiger partial charge in [0, 0.05) is 27.5 Å². The third kappa shape index (κ3) is 1.65. The zero-order valence-corrected chi connectivity index (χ0v) is 11.5. The Hall–Kier alpha value is -1.35. The average molecular weight is 259 g/mol. The van der Waals surface area contributed by atoms with E-state index < -0.39 is 0 Å². The summed E-state index contributed by atoms with van der Waals surface area (Å²) >= 11 is 1.82. The van der Waals surface area contributed by atoms with Crippen LogP contribution in [0.2, 0.25) is 0 Å². The summed E-state index contributed by atoms with van der Waals surface area (Å²) in [5.74, 6) is 0.182. The van der Waals surface area contributed by atoms with Crippen LogP contribution in [0, 0.1) is 0 Å². The minimum Gasteiger partial charge on any atom is -0.352 e. The van der Waals surface area contributed by atoms with Crippen LogP contribution in [0.3, 0.4) is 0 Å². The molecule has 1 fully saturated rings. The zero-order valence-electron chi connectivity index (χ0n) is 10.7. The molecule has 1 aliphatic heterocycles. The fraction of sp³-hybridized carbons (Fsp3) is 0.400. The first-order valence-corrected chi connectivity index (χ1v) is 7.23. The Balaban J connectivity index is 2.09. The van der Waals surface area contributed by atoms with E-state index in [4.69, 9.17) is 0 Å². The van der Waals surface area contributed by atoms with Crippen molar-refractivity contribution in [1.82, 2.24) is 5.32 Å². The molecule has 1 amide bonds. The Morgan fingerprint density at radius 3 is 2.94 bits per heavy atom. The summed E-state index contributed by atoms with van der Waals surface area (Å²) in [6.45, 7) is 4.35. The van der Waals surface area contributed by atoms with Crippen LogP contribution in [-0.2, 0) is 10.2 Å². The highest BCUT2D eigenvalue weighted by Crippen LogP contribution is 2.42. The van der Waals surface area contributed by atoms with Gasteiger partial charge in [-0.3, -0.25) is 4.79 Å². The first kappa shape index (κ1) is 11.7. The fourth-order valence-corrected chi connectivity index (χ4v) is 4.20. The van der Waals surface area contributed by atoms with E-state index in [0.29, 0.717) is 6.42 Å². The first-order chi connectivity index (χ1) is 8.63. The van der Waals surface area contributed by atoms with Crippen molar-refractivity contribution >= 4 is 27.3 Å². The number of carbonyl (C=O) groups excluding carboxylic acids is 1. The van der Waals surface area contributed by atoms with Crippen molar-refractivity contribution in [3.8, 4) is 0 Å².